The normalized spacial score (nSPS) is 10.4. The average Bonchev–Trinajstić information content (AvgIpc) is 2.76. The minimum absolute atomic E-state index is 0.735. The Labute approximate surface area is 158 Å². The monoisotopic (exact) mass is 350 g/mol. The van der Waals surface area contributed by atoms with E-state index in [2.05, 4.69) is 81.5 Å². The van der Waals surface area contributed by atoms with Crippen molar-refractivity contribution in [2.45, 2.75) is 6.92 Å². The van der Waals surface area contributed by atoms with E-state index in [1.54, 1.807) is 24.8 Å². The fourth-order valence-electron chi connectivity index (χ4n) is 2.99. The van der Waals surface area contributed by atoms with Crippen molar-refractivity contribution in [1.82, 2.24) is 19.9 Å². The number of hydrogen-bond acceptors (Lipinski definition) is 4. The molecule has 4 heteroatoms. The van der Waals surface area contributed by atoms with Gasteiger partial charge in [-0.25, -0.2) is 19.9 Å². The van der Waals surface area contributed by atoms with Gasteiger partial charge >= 0.3 is 0 Å². The molecule has 0 amide bonds. The van der Waals surface area contributed by atoms with E-state index >= 15 is 0 Å². The van der Waals surface area contributed by atoms with E-state index < -0.39 is 0 Å². The van der Waals surface area contributed by atoms with Crippen LogP contribution in [0.4, 0.5) is 0 Å². The van der Waals surface area contributed by atoms with Gasteiger partial charge in [0.05, 0.1) is 0 Å². The highest BCUT2D eigenvalue weighted by Crippen LogP contribution is 2.27. The lowest BCUT2D eigenvalue weighted by Gasteiger charge is -2.10. The van der Waals surface area contributed by atoms with Crippen LogP contribution in [0, 0.1) is 0 Å². The van der Waals surface area contributed by atoms with Gasteiger partial charge in [0.15, 0.2) is 11.6 Å². The first-order valence-corrected chi connectivity index (χ1v) is 8.77. The molecule has 0 bridgehead atoms. The van der Waals surface area contributed by atoms with Crippen LogP contribution in [0.1, 0.15) is 18.1 Å². The third-order valence-electron chi connectivity index (χ3n) is 4.33. The molecular formula is C23H18N4. The number of benzene rings is 2. The van der Waals surface area contributed by atoms with Crippen molar-refractivity contribution in [2.75, 3.05) is 0 Å². The van der Waals surface area contributed by atoms with Gasteiger partial charge in [0.1, 0.15) is 0 Å². The van der Waals surface area contributed by atoms with Gasteiger partial charge in [-0.05, 0) is 35.8 Å². The summed E-state index contributed by atoms with van der Waals surface area (Å²) >= 11 is 0. The number of hydrogen-bond donors (Lipinski definition) is 0. The molecule has 27 heavy (non-hydrogen) atoms. The molecule has 0 saturated carbocycles. The molecule has 0 fully saturated rings. The van der Waals surface area contributed by atoms with Crippen LogP contribution in [0.2, 0.25) is 0 Å². The maximum absolute atomic E-state index is 4.30. The second-order valence-corrected chi connectivity index (χ2v) is 6.00. The summed E-state index contributed by atoms with van der Waals surface area (Å²) in [5.74, 6) is 1.47. The predicted octanol–water partition coefficient (Wildman–Crippen LogP) is 5.05. The van der Waals surface area contributed by atoms with Crippen molar-refractivity contribution in [3.05, 3.63) is 103 Å². The number of rotatable bonds is 4. The lowest BCUT2D eigenvalue weighted by atomic mass is 9.96. The quantitative estimate of drug-likeness (QED) is 0.517. The van der Waals surface area contributed by atoms with Crippen molar-refractivity contribution in [2.24, 2.45) is 0 Å². The van der Waals surface area contributed by atoms with E-state index in [4.69, 9.17) is 0 Å². The van der Waals surface area contributed by atoms with Crippen molar-refractivity contribution in [3.63, 3.8) is 0 Å². The summed E-state index contributed by atoms with van der Waals surface area (Å²) in [6.45, 7) is 2.05. The maximum atomic E-state index is 4.30. The van der Waals surface area contributed by atoms with Gasteiger partial charge in [0, 0.05) is 35.9 Å². The smallest absolute Gasteiger partial charge is 0.159 e. The Morgan fingerprint density at radius 1 is 0.593 bits per heavy atom. The van der Waals surface area contributed by atoms with Gasteiger partial charge in [0.25, 0.3) is 0 Å². The van der Waals surface area contributed by atoms with Crippen molar-refractivity contribution < 1.29 is 0 Å². The Balaban J connectivity index is 1.61. The third kappa shape index (κ3) is 3.65. The molecular weight excluding hydrogens is 332 g/mol. The minimum atomic E-state index is 0.735. The zero-order valence-electron chi connectivity index (χ0n) is 14.9. The van der Waals surface area contributed by atoms with E-state index in [9.17, 15) is 0 Å². The molecule has 0 radical (unpaired) electrons. The summed E-state index contributed by atoms with van der Waals surface area (Å²) in [6.07, 6.45) is 9.15. The Hall–Kier alpha value is -3.66. The fourth-order valence-corrected chi connectivity index (χ4v) is 2.99. The van der Waals surface area contributed by atoms with E-state index in [1.165, 1.54) is 5.57 Å². The highest BCUT2D eigenvalue weighted by Gasteiger charge is 2.07. The van der Waals surface area contributed by atoms with Crippen LogP contribution >= 0.6 is 0 Å². The van der Waals surface area contributed by atoms with E-state index in [0.717, 1.165) is 33.9 Å². The van der Waals surface area contributed by atoms with Crippen molar-refractivity contribution in [3.8, 4) is 22.8 Å². The van der Waals surface area contributed by atoms with Crippen LogP contribution in [0.3, 0.4) is 0 Å². The molecule has 0 unspecified atom stereocenters. The van der Waals surface area contributed by atoms with Crippen LogP contribution in [-0.4, -0.2) is 19.9 Å². The van der Waals surface area contributed by atoms with Crippen LogP contribution in [0.5, 0.6) is 0 Å². The zero-order chi connectivity index (χ0) is 18.5. The first kappa shape index (κ1) is 16.8. The van der Waals surface area contributed by atoms with Crippen LogP contribution in [0.25, 0.3) is 28.3 Å². The summed E-state index contributed by atoms with van der Waals surface area (Å²) in [6, 6.07) is 20.3. The van der Waals surface area contributed by atoms with Gasteiger partial charge in [-0.15, -0.1) is 0 Å². The average molecular weight is 350 g/mol. The molecule has 0 spiro atoms. The van der Waals surface area contributed by atoms with Gasteiger partial charge in [-0.1, -0.05) is 54.6 Å². The zero-order valence-corrected chi connectivity index (χ0v) is 14.9. The Morgan fingerprint density at radius 3 is 1.30 bits per heavy atom. The first-order chi connectivity index (χ1) is 13.3. The van der Waals surface area contributed by atoms with Crippen molar-refractivity contribution >= 4 is 5.57 Å². The summed E-state index contributed by atoms with van der Waals surface area (Å²) < 4.78 is 0. The van der Waals surface area contributed by atoms with Gasteiger partial charge in [0.2, 0.25) is 0 Å². The van der Waals surface area contributed by atoms with Gasteiger partial charge in [-0.3, -0.25) is 0 Å². The molecule has 0 aliphatic carbocycles. The fraction of sp³-hybridized carbons (Fsp3) is 0.0435. The summed E-state index contributed by atoms with van der Waals surface area (Å²) in [4.78, 5) is 17.2. The first-order valence-electron chi connectivity index (χ1n) is 8.77. The predicted molar refractivity (Wildman–Crippen MR) is 108 cm³/mol. The standard InChI is InChI=1S/C23H18N4/c1-2-21(17-5-9-19(10-6-17)22-24-13-3-14-25-22)18-7-11-20(12-8-18)23-26-15-4-16-27-23/h2-16H,1H3. The second kappa shape index (κ2) is 7.70. The third-order valence-corrected chi connectivity index (χ3v) is 4.33. The molecule has 4 rings (SSSR count). The van der Waals surface area contributed by atoms with Crippen LogP contribution in [0.15, 0.2) is 91.5 Å². The number of nitrogens with zero attached hydrogens (tertiary/aromatic N) is 4. The Kier molecular flexibility index (Phi) is 4.79. The maximum Gasteiger partial charge on any atom is 0.159 e. The topological polar surface area (TPSA) is 51.6 Å². The second-order valence-electron chi connectivity index (χ2n) is 6.00. The van der Waals surface area contributed by atoms with Gasteiger partial charge < -0.3 is 0 Å². The molecule has 4 nitrogen and oxygen atoms in total. The molecule has 0 N–H and O–H groups in total. The molecule has 0 aliphatic heterocycles. The van der Waals surface area contributed by atoms with Gasteiger partial charge in [-0.2, -0.15) is 0 Å². The molecule has 4 aromatic rings. The largest absolute Gasteiger partial charge is 0.237 e. The minimum Gasteiger partial charge on any atom is -0.237 e. The molecule has 0 saturated heterocycles. The molecule has 130 valence electrons. The van der Waals surface area contributed by atoms with E-state index in [-0.39, 0.29) is 0 Å². The lowest BCUT2D eigenvalue weighted by molar-refractivity contribution is 1.17. The van der Waals surface area contributed by atoms with Crippen molar-refractivity contribution in [1.29, 1.82) is 0 Å². The highest BCUT2D eigenvalue weighted by molar-refractivity contribution is 5.81. The molecule has 2 heterocycles. The summed E-state index contributed by atoms with van der Waals surface area (Å²) in [5, 5.41) is 0. The molecule has 2 aromatic heterocycles. The van der Waals surface area contributed by atoms with Crippen LogP contribution < -0.4 is 0 Å². The van der Waals surface area contributed by atoms with E-state index in [1.807, 2.05) is 12.1 Å². The number of allylic oxidation sites excluding steroid dienone is 1. The van der Waals surface area contributed by atoms with E-state index in [0.29, 0.717) is 0 Å². The molecule has 0 atom stereocenters. The summed E-state index contributed by atoms with van der Waals surface area (Å²) in [7, 11) is 0. The highest BCUT2D eigenvalue weighted by atomic mass is 14.9. The summed E-state index contributed by atoms with van der Waals surface area (Å²) in [5.41, 5.74) is 5.50. The molecule has 2 aromatic carbocycles. The Bertz CT molecular complexity index is 954. The number of aromatic nitrogens is 4. The lowest BCUT2D eigenvalue weighted by Crippen LogP contribution is -1.91. The van der Waals surface area contributed by atoms with Crippen LogP contribution in [-0.2, 0) is 0 Å². The SMILES string of the molecule is CC=C(c1ccc(-c2ncccn2)cc1)c1ccc(-c2ncccn2)cc1. The molecule has 0 aliphatic rings. The Morgan fingerprint density at radius 2 is 0.963 bits per heavy atom.